The lowest BCUT2D eigenvalue weighted by atomic mass is 10.1. The third-order valence-corrected chi connectivity index (χ3v) is 3.91. The smallest absolute Gasteiger partial charge is 0.323 e. The Balaban J connectivity index is 1.94. The van der Waals surface area contributed by atoms with E-state index >= 15 is 0 Å². The molecule has 1 N–H and O–H groups in total. The summed E-state index contributed by atoms with van der Waals surface area (Å²) >= 11 is 0. The first-order valence-corrected chi connectivity index (χ1v) is 7.58. The molecule has 0 saturated carbocycles. The summed E-state index contributed by atoms with van der Waals surface area (Å²) < 4.78 is 0. The first-order chi connectivity index (χ1) is 10.1. The molecule has 0 bridgehead atoms. The molecule has 1 aliphatic heterocycles. The quantitative estimate of drug-likeness (QED) is 0.826. The van der Waals surface area contributed by atoms with Gasteiger partial charge in [0, 0.05) is 37.6 Å². The highest BCUT2D eigenvalue weighted by molar-refractivity contribution is 5.72. The zero-order valence-electron chi connectivity index (χ0n) is 12.8. The van der Waals surface area contributed by atoms with Gasteiger partial charge in [0.15, 0.2) is 0 Å². The summed E-state index contributed by atoms with van der Waals surface area (Å²) in [4.78, 5) is 23.2. The fraction of sp³-hybridized carbons (Fsp3) is 0.667. The van der Waals surface area contributed by atoms with Crippen LogP contribution in [0.15, 0.2) is 12.4 Å². The number of carboxylic acid groups (broad SMARTS) is 1. The first kappa shape index (κ1) is 15.7. The van der Waals surface area contributed by atoms with Crippen LogP contribution in [0.1, 0.15) is 38.2 Å². The van der Waals surface area contributed by atoms with E-state index in [0.717, 1.165) is 18.7 Å². The number of hydrogen-bond acceptors (Lipinski definition) is 5. The van der Waals surface area contributed by atoms with Crippen molar-refractivity contribution in [1.29, 1.82) is 0 Å². The van der Waals surface area contributed by atoms with Crippen molar-refractivity contribution in [2.24, 2.45) is 0 Å². The molecule has 1 aliphatic rings. The molecule has 21 heavy (non-hydrogen) atoms. The predicted octanol–water partition coefficient (Wildman–Crippen LogP) is 1.76. The monoisotopic (exact) mass is 292 g/mol. The van der Waals surface area contributed by atoms with Gasteiger partial charge in [-0.25, -0.2) is 9.97 Å². The van der Waals surface area contributed by atoms with Gasteiger partial charge in [0.1, 0.15) is 6.54 Å². The summed E-state index contributed by atoms with van der Waals surface area (Å²) in [5, 5.41) is 8.77. The Labute approximate surface area is 125 Å². The maximum atomic E-state index is 10.7. The van der Waals surface area contributed by atoms with Crippen LogP contribution in [0.3, 0.4) is 0 Å². The molecule has 1 unspecified atom stereocenters. The highest BCUT2D eigenvalue weighted by Gasteiger charge is 2.23. The minimum atomic E-state index is -0.885. The topological polar surface area (TPSA) is 69.6 Å². The third kappa shape index (κ3) is 4.39. The van der Waals surface area contributed by atoms with Crippen molar-refractivity contribution in [3.05, 3.63) is 18.0 Å². The molecule has 0 spiro atoms. The number of likely N-dealkylation sites (tertiary alicyclic amines) is 1. The predicted molar refractivity (Wildman–Crippen MR) is 81.3 cm³/mol. The van der Waals surface area contributed by atoms with E-state index in [4.69, 9.17) is 5.11 Å². The van der Waals surface area contributed by atoms with Gasteiger partial charge in [-0.15, -0.1) is 0 Å². The van der Waals surface area contributed by atoms with Crippen molar-refractivity contribution in [2.75, 3.05) is 25.0 Å². The Morgan fingerprint density at radius 2 is 2.19 bits per heavy atom. The van der Waals surface area contributed by atoms with Gasteiger partial charge in [0.05, 0.1) is 0 Å². The van der Waals surface area contributed by atoms with Crippen molar-refractivity contribution >= 4 is 11.9 Å². The summed E-state index contributed by atoms with van der Waals surface area (Å²) in [6.07, 6.45) is 8.64. The van der Waals surface area contributed by atoms with Crippen molar-refractivity contribution in [1.82, 2.24) is 14.9 Å². The van der Waals surface area contributed by atoms with Crippen LogP contribution in [-0.2, 0) is 11.3 Å². The van der Waals surface area contributed by atoms with E-state index in [0.29, 0.717) is 12.0 Å². The largest absolute Gasteiger partial charge is 0.480 e. The lowest BCUT2D eigenvalue weighted by Crippen LogP contribution is -2.29. The van der Waals surface area contributed by atoms with Gasteiger partial charge in [-0.3, -0.25) is 9.69 Å². The minimum Gasteiger partial charge on any atom is -0.480 e. The maximum absolute atomic E-state index is 10.7. The van der Waals surface area contributed by atoms with Crippen LogP contribution in [0, 0.1) is 0 Å². The second-order valence-electron chi connectivity index (χ2n) is 5.70. The molecule has 1 fully saturated rings. The molecular formula is C15H24N4O2. The first-order valence-electron chi connectivity index (χ1n) is 7.58. The van der Waals surface area contributed by atoms with E-state index < -0.39 is 5.97 Å². The Kier molecular flexibility index (Phi) is 5.50. The minimum absolute atomic E-state index is 0.0932. The average Bonchev–Trinajstić information content (AvgIpc) is 2.86. The summed E-state index contributed by atoms with van der Waals surface area (Å²) in [6, 6.07) is 0.685. The van der Waals surface area contributed by atoms with E-state index in [-0.39, 0.29) is 6.54 Å². The van der Waals surface area contributed by atoms with Gasteiger partial charge >= 0.3 is 5.97 Å². The number of hydrogen-bond donors (Lipinski definition) is 1. The van der Waals surface area contributed by atoms with Gasteiger partial charge in [0.25, 0.3) is 0 Å². The van der Waals surface area contributed by atoms with Gasteiger partial charge in [0.2, 0.25) is 5.95 Å². The van der Waals surface area contributed by atoms with Gasteiger partial charge in [-0.05, 0) is 25.8 Å². The molecule has 1 aromatic heterocycles. The number of rotatable bonds is 7. The van der Waals surface area contributed by atoms with Crippen LogP contribution in [0.25, 0.3) is 0 Å². The number of anilines is 1. The molecule has 1 saturated heterocycles. The molecule has 0 aliphatic carbocycles. The number of carboxylic acids is 1. The van der Waals surface area contributed by atoms with Crippen LogP contribution < -0.4 is 4.90 Å². The van der Waals surface area contributed by atoms with Crippen molar-refractivity contribution in [3.8, 4) is 0 Å². The van der Waals surface area contributed by atoms with Crippen LogP contribution in [0.5, 0.6) is 0 Å². The average molecular weight is 292 g/mol. The normalized spacial score (nSPS) is 18.9. The lowest BCUT2D eigenvalue weighted by molar-refractivity contribution is -0.135. The number of aromatic nitrogens is 2. The van der Waals surface area contributed by atoms with Crippen molar-refractivity contribution in [2.45, 2.75) is 45.2 Å². The fourth-order valence-electron chi connectivity index (χ4n) is 2.90. The maximum Gasteiger partial charge on any atom is 0.323 e. The van der Waals surface area contributed by atoms with Crippen LogP contribution in [0.4, 0.5) is 5.95 Å². The zero-order valence-corrected chi connectivity index (χ0v) is 12.8. The molecule has 0 amide bonds. The summed E-state index contributed by atoms with van der Waals surface area (Å²) in [5.41, 5.74) is 1.09. The van der Waals surface area contributed by atoms with Crippen LogP contribution >= 0.6 is 0 Å². The molecule has 0 radical (unpaired) electrons. The number of carbonyl (C=O) groups is 1. The highest BCUT2D eigenvalue weighted by atomic mass is 16.4. The summed E-state index contributed by atoms with van der Waals surface area (Å²) in [6.45, 7) is 4.16. The summed E-state index contributed by atoms with van der Waals surface area (Å²) in [7, 11) is 1.68. The molecule has 0 aromatic carbocycles. The van der Waals surface area contributed by atoms with E-state index in [1.807, 2.05) is 12.4 Å². The molecule has 116 valence electrons. The van der Waals surface area contributed by atoms with Crippen molar-refractivity contribution in [3.63, 3.8) is 0 Å². The molecule has 1 atom stereocenters. The van der Waals surface area contributed by atoms with Crippen LogP contribution in [0.2, 0.25) is 0 Å². The van der Waals surface area contributed by atoms with Gasteiger partial charge in [-0.1, -0.05) is 13.3 Å². The van der Waals surface area contributed by atoms with Gasteiger partial charge in [-0.2, -0.15) is 0 Å². The Morgan fingerprint density at radius 1 is 1.48 bits per heavy atom. The van der Waals surface area contributed by atoms with E-state index in [9.17, 15) is 4.79 Å². The SMILES string of the molecule is CCCC1CCCN1Cc1cnc(N(C)CC(=O)O)nc1. The molecule has 6 heteroatoms. The molecule has 1 aromatic rings. The Morgan fingerprint density at radius 3 is 2.81 bits per heavy atom. The standard InChI is InChI=1S/C15H24N4O2/c1-3-5-13-6-4-7-19(13)10-12-8-16-15(17-9-12)18(2)11-14(20)21/h8-9,13H,3-7,10-11H2,1-2H3,(H,20,21). The number of aliphatic carboxylic acids is 1. The summed E-state index contributed by atoms with van der Waals surface area (Å²) in [5.74, 6) is -0.433. The third-order valence-electron chi connectivity index (χ3n) is 3.91. The van der Waals surface area contributed by atoms with E-state index in [2.05, 4.69) is 21.8 Å². The second-order valence-corrected chi connectivity index (χ2v) is 5.70. The Bertz CT molecular complexity index is 463. The molecule has 2 heterocycles. The van der Waals surface area contributed by atoms with E-state index in [1.54, 1.807) is 7.05 Å². The molecular weight excluding hydrogens is 268 g/mol. The van der Waals surface area contributed by atoms with Gasteiger partial charge < -0.3 is 10.0 Å². The van der Waals surface area contributed by atoms with E-state index in [1.165, 1.54) is 30.6 Å². The number of likely N-dealkylation sites (N-methyl/N-ethyl adjacent to an activating group) is 1. The highest BCUT2D eigenvalue weighted by Crippen LogP contribution is 2.23. The Hall–Kier alpha value is -1.69. The molecule has 2 rings (SSSR count). The zero-order chi connectivity index (χ0) is 15.2. The second kappa shape index (κ2) is 7.36. The molecule has 6 nitrogen and oxygen atoms in total. The number of nitrogens with zero attached hydrogens (tertiary/aromatic N) is 4. The lowest BCUT2D eigenvalue weighted by Gasteiger charge is -2.24. The fourth-order valence-corrected chi connectivity index (χ4v) is 2.90. The van der Waals surface area contributed by atoms with Crippen LogP contribution in [-0.4, -0.2) is 52.1 Å². The van der Waals surface area contributed by atoms with Crippen molar-refractivity contribution < 1.29 is 9.90 Å².